The number of hydrogen-bond donors (Lipinski definition) is 12. The van der Waals surface area contributed by atoms with Crippen LogP contribution < -0.4 is 18.7 Å². The van der Waals surface area contributed by atoms with Gasteiger partial charge in [-0.1, -0.05) is 84.9 Å². The summed E-state index contributed by atoms with van der Waals surface area (Å²) in [5.41, 5.74) is 13.0. The van der Waals surface area contributed by atoms with Crippen LogP contribution in [-0.2, 0) is 5.41 Å². The van der Waals surface area contributed by atoms with Crippen molar-refractivity contribution in [1.29, 1.82) is 0 Å². The number of phenolic OH excluding ortho intramolecular Hbond substituents is 12. The van der Waals surface area contributed by atoms with Crippen molar-refractivity contribution < 1.29 is 109 Å². The highest BCUT2D eigenvalue weighted by Gasteiger charge is 2.41. The summed E-state index contributed by atoms with van der Waals surface area (Å²) >= 11 is 0. The molecular weight excluding hydrogens is 1640 g/mol. The molecular formula is C106H86NO22+. The van der Waals surface area contributed by atoms with Crippen LogP contribution in [0.15, 0.2) is 297 Å². The maximum atomic E-state index is 11.3. The summed E-state index contributed by atoms with van der Waals surface area (Å²) in [5.74, 6) is -0.370. The second kappa shape index (κ2) is 39.9. The molecule has 0 aliphatic carbocycles. The summed E-state index contributed by atoms with van der Waals surface area (Å²) < 4.78 is 15.9. The minimum absolute atomic E-state index is 0.0182. The molecule has 0 fully saturated rings. The number of fused-ring (bicyclic) bond motifs is 8. The van der Waals surface area contributed by atoms with Crippen LogP contribution in [0.25, 0.3) is 53.9 Å². The van der Waals surface area contributed by atoms with E-state index >= 15 is 0 Å². The van der Waals surface area contributed by atoms with Gasteiger partial charge in [-0.25, -0.2) is 0 Å². The summed E-state index contributed by atoms with van der Waals surface area (Å²) in [7, 11) is 4.83. The Balaban J connectivity index is 0.000000147. The lowest BCUT2D eigenvalue weighted by atomic mass is 9.65. The third kappa shape index (κ3) is 19.5. The fourth-order valence-corrected chi connectivity index (χ4v) is 15.2. The lowest BCUT2D eigenvalue weighted by Gasteiger charge is -2.37. The molecule has 646 valence electrons. The average Bonchev–Trinajstić information content (AvgIpc) is 0.736. The first-order valence-electron chi connectivity index (χ1n) is 39.7. The van der Waals surface area contributed by atoms with Gasteiger partial charge in [0, 0.05) is 93.5 Å². The van der Waals surface area contributed by atoms with E-state index in [1.54, 1.807) is 113 Å². The van der Waals surface area contributed by atoms with Gasteiger partial charge in [0.05, 0.1) is 26.7 Å². The van der Waals surface area contributed by atoms with Gasteiger partial charge < -0.3 is 75.5 Å². The molecule has 0 saturated carbocycles. The monoisotopic (exact) mass is 1720 g/mol. The topological polar surface area (TPSA) is 390 Å². The standard InChI is InChI=1S/C29H22O4.C28H22NO4.C18H12O6.C15H12O3.C9H10O2.C7H8O3/c2*1-33-28-16-14-27(15-17-28)29(24-8-2-21(18-30)3-9-24,25-10-4-22(19-31)5-11-25)26-12-6-23(20-32)7-13-26;19-13-1-7-8(2-14(13)20)10-4-17(23)18(24)6-12(10)11-5-16(22)15(21)3-9(7)11;1-8-2-9-3-11-6-14(17)15(18)7-12(11)4-10(9)5-13(8)16;1-7-3-8(6-10)5-9(4-7)11-2;1-4-2-6(9)7(10)3-5(4)8/h2*2-20H,1H3;1-6,19-24H;2-7,16-18H,1H3;3-6H,1-2H3;2-3,8-10H,1H3/q;+1;;;;. The first-order chi connectivity index (χ1) is 62.1. The van der Waals surface area contributed by atoms with E-state index in [-0.39, 0.29) is 73.5 Å². The van der Waals surface area contributed by atoms with Crippen molar-refractivity contribution in [3.8, 4) is 86.2 Å². The number of rotatable bonds is 18. The number of methoxy groups -OCH3 is 3. The molecule has 0 amide bonds. The highest BCUT2D eigenvalue weighted by Crippen LogP contribution is 2.53. The molecule has 0 atom stereocenters. The highest BCUT2D eigenvalue weighted by atomic mass is 16.5. The van der Waals surface area contributed by atoms with Gasteiger partial charge in [-0.15, -0.1) is 0 Å². The van der Waals surface area contributed by atoms with Crippen molar-refractivity contribution in [3.05, 3.63) is 375 Å². The molecule has 129 heavy (non-hydrogen) atoms. The highest BCUT2D eigenvalue weighted by molar-refractivity contribution is 6.27. The van der Waals surface area contributed by atoms with Gasteiger partial charge in [-0.3, -0.25) is 33.6 Å². The molecule has 0 heterocycles. The molecule has 0 bridgehead atoms. The number of aldehydes is 7. The molecule has 0 unspecified atom stereocenters. The van der Waals surface area contributed by atoms with Crippen molar-refractivity contribution >= 4 is 121 Å². The van der Waals surface area contributed by atoms with Gasteiger partial charge in [0.25, 0.3) is 0 Å². The summed E-state index contributed by atoms with van der Waals surface area (Å²) in [4.78, 5) is 78.2. The smallest absolute Gasteiger partial charge is 0.161 e. The molecule has 17 aromatic rings. The van der Waals surface area contributed by atoms with Gasteiger partial charge in [0.15, 0.2) is 57.5 Å². The largest absolute Gasteiger partial charge is 0.508 e. The molecule has 0 spiro atoms. The van der Waals surface area contributed by atoms with E-state index in [2.05, 4.69) is 0 Å². The Morgan fingerprint density at radius 1 is 0.217 bits per heavy atom. The Labute approximate surface area is 739 Å². The minimum Gasteiger partial charge on any atom is -0.508 e. The van der Waals surface area contributed by atoms with E-state index in [0.717, 1.165) is 145 Å². The molecule has 0 aromatic heterocycles. The number of nitrogens with zero attached hydrogens (tertiary/aromatic N) is 1. The van der Waals surface area contributed by atoms with Gasteiger partial charge >= 0.3 is 0 Å². The molecule has 0 aliphatic rings. The molecule has 17 aromatic carbocycles. The lowest BCUT2D eigenvalue weighted by Crippen LogP contribution is -2.33. The lowest BCUT2D eigenvalue weighted by molar-refractivity contribution is 0.111. The first-order valence-corrected chi connectivity index (χ1v) is 39.7. The zero-order valence-electron chi connectivity index (χ0n) is 70.2. The molecule has 0 saturated heterocycles. The number of aryl methyl sites for hydroxylation is 3. The number of benzene rings is 17. The number of aromatic hydroxyl groups is 12. The summed E-state index contributed by atoms with van der Waals surface area (Å²) in [6, 6.07) is 86.4. The summed E-state index contributed by atoms with van der Waals surface area (Å²) in [6.45, 7) is 5.40. The number of ether oxygens (including phenoxy) is 3. The third-order valence-electron chi connectivity index (χ3n) is 21.8. The van der Waals surface area contributed by atoms with Crippen molar-refractivity contribution in [2.45, 2.75) is 26.2 Å². The summed E-state index contributed by atoms with van der Waals surface area (Å²) in [6.07, 6.45) is 5.69. The third-order valence-corrected chi connectivity index (χ3v) is 21.8. The van der Waals surface area contributed by atoms with E-state index in [1.165, 1.54) is 54.6 Å². The van der Waals surface area contributed by atoms with Crippen molar-refractivity contribution in [2.24, 2.45) is 0 Å². The molecule has 23 nitrogen and oxygen atoms in total. The second-order valence-electron chi connectivity index (χ2n) is 29.9. The van der Waals surface area contributed by atoms with Crippen molar-refractivity contribution in [2.75, 3.05) is 21.3 Å². The average molecular weight is 1730 g/mol. The maximum absolute atomic E-state index is 11.3. The first kappa shape index (κ1) is 90.9. The number of quaternary nitrogens is 1. The Bertz CT molecular complexity index is 6120. The van der Waals surface area contributed by atoms with Crippen LogP contribution in [0.3, 0.4) is 0 Å². The van der Waals surface area contributed by atoms with Gasteiger partial charge in [-0.2, -0.15) is 4.48 Å². The maximum Gasteiger partial charge on any atom is 0.161 e. The van der Waals surface area contributed by atoms with E-state index in [4.69, 9.17) is 29.5 Å². The van der Waals surface area contributed by atoms with E-state index < -0.39 is 5.41 Å². The molecule has 23 heteroatoms. The van der Waals surface area contributed by atoms with Crippen LogP contribution in [0.5, 0.6) is 86.2 Å². The normalized spacial score (nSPS) is 10.8. The zero-order chi connectivity index (χ0) is 92.5. The molecule has 12 N–H and O–H groups in total. The van der Waals surface area contributed by atoms with Crippen LogP contribution in [0, 0.1) is 20.8 Å². The van der Waals surface area contributed by atoms with E-state index in [9.17, 15) is 79.5 Å². The Morgan fingerprint density at radius 2 is 0.442 bits per heavy atom. The number of phenols is 12. The van der Waals surface area contributed by atoms with Gasteiger partial charge in [0.2, 0.25) is 0 Å². The van der Waals surface area contributed by atoms with Crippen LogP contribution in [0.2, 0.25) is 0 Å². The minimum atomic E-state index is -0.767. The second-order valence-corrected chi connectivity index (χ2v) is 29.9. The molecule has 0 radical (unpaired) electrons. The summed E-state index contributed by atoms with van der Waals surface area (Å²) in [5, 5.41) is 121. The van der Waals surface area contributed by atoms with Crippen molar-refractivity contribution in [3.63, 3.8) is 0 Å². The van der Waals surface area contributed by atoms with Crippen LogP contribution in [0.1, 0.15) is 111 Å². The van der Waals surface area contributed by atoms with E-state index in [0.29, 0.717) is 76.8 Å². The molecule has 17 rings (SSSR count). The van der Waals surface area contributed by atoms with Gasteiger partial charge in [0.1, 0.15) is 95.5 Å². The van der Waals surface area contributed by atoms with Crippen LogP contribution in [0.4, 0.5) is 22.7 Å². The SMILES string of the molecule is COc1cc(C)cc(C=O)c1.COc1ccc(C(c2ccc(C=O)cc2)(c2ccc(C=O)cc2)c2ccc(C=O)cc2)cc1.COc1ccc([N+](c2ccc(C=O)cc2)(c2ccc(C=O)cc2)c2ccc(C=O)cc2)cc1.Cc1cc(O)c(O)cc1O.Cc1cc2cc3cc(O)c(O)cc3cc2cc1O.Oc1cc2c3cc(O)c(O)cc3c3cc(O)c(O)cc3c2cc1O. The Hall–Kier alpha value is -17.3. The van der Waals surface area contributed by atoms with Crippen molar-refractivity contribution in [1.82, 2.24) is 4.48 Å². The fourth-order valence-electron chi connectivity index (χ4n) is 15.2. The fraction of sp³-hybridized carbons (Fsp3) is 0.0660. The van der Waals surface area contributed by atoms with Crippen LogP contribution >= 0.6 is 0 Å². The van der Waals surface area contributed by atoms with E-state index in [1.807, 2.05) is 166 Å². The molecule has 0 aliphatic heterocycles. The Kier molecular flexibility index (Phi) is 28.1. The Morgan fingerprint density at radius 3 is 0.729 bits per heavy atom. The van der Waals surface area contributed by atoms with Gasteiger partial charge in [-0.05, 0) is 271 Å². The number of carbonyl (C=O) groups excluding carboxylic acids is 7. The predicted octanol–water partition coefficient (Wildman–Crippen LogP) is 21.7. The predicted molar refractivity (Wildman–Crippen MR) is 496 cm³/mol. The number of hydrogen-bond acceptors (Lipinski definition) is 22. The quantitative estimate of drug-likeness (QED) is 0.00722. The zero-order valence-corrected chi connectivity index (χ0v) is 70.2. The van der Waals surface area contributed by atoms with Crippen LogP contribution in [-0.4, -0.2) is 127 Å². The number of carbonyl (C=O) groups is 7.